The Morgan fingerprint density at radius 1 is 1.50 bits per heavy atom. The molecule has 0 aromatic carbocycles. The predicted octanol–water partition coefficient (Wildman–Crippen LogP) is 0.221. The van der Waals surface area contributed by atoms with E-state index in [0.717, 1.165) is 12.8 Å². The monoisotopic (exact) mass is 145 g/mol. The molecule has 3 nitrogen and oxygen atoms in total. The molecule has 1 aliphatic rings. The molecule has 0 amide bonds. The smallest absolute Gasteiger partial charge is 0.172 e. The minimum absolute atomic E-state index is 0.0519. The van der Waals surface area contributed by atoms with Crippen molar-refractivity contribution in [3.63, 3.8) is 0 Å². The number of aliphatic hydroxyl groups is 1. The minimum atomic E-state index is -0.771. The molecule has 0 heterocycles. The number of nitrogens with two attached hydrogens (primary N) is 1. The van der Waals surface area contributed by atoms with Gasteiger partial charge in [-0.2, -0.15) is 0 Å². The Hall–Kier alpha value is -0.120. The van der Waals surface area contributed by atoms with Crippen LogP contribution in [0.5, 0.6) is 0 Å². The van der Waals surface area contributed by atoms with Gasteiger partial charge in [-0.3, -0.25) is 0 Å². The zero-order chi connectivity index (χ0) is 7.78. The SMILES string of the molecule is CC(C)OC(O)C1(N)CC1. The van der Waals surface area contributed by atoms with E-state index in [1.165, 1.54) is 0 Å². The van der Waals surface area contributed by atoms with Crippen LogP contribution >= 0.6 is 0 Å². The average molecular weight is 145 g/mol. The lowest BCUT2D eigenvalue weighted by molar-refractivity contribution is -0.143. The first kappa shape index (κ1) is 7.98. The average Bonchev–Trinajstić information content (AvgIpc) is 2.47. The molecular weight excluding hydrogens is 130 g/mol. The van der Waals surface area contributed by atoms with Crippen LogP contribution in [-0.2, 0) is 4.74 Å². The Morgan fingerprint density at radius 3 is 2.30 bits per heavy atom. The Bertz CT molecular complexity index is 121. The number of aliphatic hydroxyl groups excluding tert-OH is 1. The highest BCUT2D eigenvalue weighted by molar-refractivity contribution is 5.01. The summed E-state index contributed by atoms with van der Waals surface area (Å²) in [4.78, 5) is 0. The molecule has 1 rings (SSSR count). The quantitative estimate of drug-likeness (QED) is 0.558. The zero-order valence-corrected chi connectivity index (χ0v) is 6.50. The van der Waals surface area contributed by atoms with Crippen LogP contribution in [0.2, 0.25) is 0 Å². The lowest BCUT2D eigenvalue weighted by Gasteiger charge is -2.20. The molecule has 1 saturated carbocycles. The van der Waals surface area contributed by atoms with Crippen molar-refractivity contribution in [2.45, 2.75) is 44.6 Å². The number of hydrogen-bond donors (Lipinski definition) is 2. The fourth-order valence-corrected chi connectivity index (χ4v) is 0.785. The van der Waals surface area contributed by atoms with Crippen molar-refractivity contribution in [1.29, 1.82) is 0 Å². The standard InChI is InChI=1S/C7H15NO2/c1-5(2)10-6(9)7(8)3-4-7/h5-6,9H,3-4,8H2,1-2H3. The highest BCUT2D eigenvalue weighted by Crippen LogP contribution is 2.36. The second-order valence-electron chi connectivity index (χ2n) is 3.27. The van der Waals surface area contributed by atoms with Gasteiger partial charge in [0.05, 0.1) is 11.6 Å². The number of hydrogen-bond acceptors (Lipinski definition) is 3. The van der Waals surface area contributed by atoms with Gasteiger partial charge in [0.15, 0.2) is 6.29 Å². The maximum Gasteiger partial charge on any atom is 0.172 e. The predicted molar refractivity (Wildman–Crippen MR) is 38.4 cm³/mol. The minimum Gasteiger partial charge on any atom is -0.366 e. The maximum absolute atomic E-state index is 9.27. The van der Waals surface area contributed by atoms with Crippen molar-refractivity contribution < 1.29 is 9.84 Å². The topological polar surface area (TPSA) is 55.5 Å². The van der Waals surface area contributed by atoms with Gasteiger partial charge in [0, 0.05) is 0 Å². The van der Waals surface area contributed by atoms with E-state index >= 15 is 0 Å². The van der Waals surface area contributed by atoms with Gasteiger partial charge in [0.1, 0.15) is 0 Å². The Labute approximate surface area is 61.2 Å². The van der Waals surface area contributed by atoms with Crippen LogP contribution in [0.4, 0.5) is 0 Å². The fourth-order valence-electron chi connectivity index (χ4n) is 0.785. The third-order valence-electron chi connectivity index (χ3n) is 1.72. The Balaban J connectivity index is 2.28. The van der Waals surface area contributed by atoms with E-state index in [4.69, 9.17) is 10.5 Å². The van der Waals surface area contributed by atoms with E-state index in [0.29, 0.717) is 0 Å². The number of rotatable bonds is 3. The third kappa shape index (κ3) is 1.68. The van der Waals surface area contributed by atoms with Crippen LogP contribution in [0.15, 0.2) is 0 Å². The van der Waals surface area contributed by atoms with Crippen molar-refractivity contribution >= 4 is 0 Å². The lowest BCUT2D eigenvalue weighted by Crippen LogP contribution is -2.40. The molecule has 0 bridgehead atoms. The van der Waals surface area contributed by atoms with Crippen molar-refractivity contribution in [3.8, 4) is 0 Å². The molecule has 0 radical (unpaired) electrons. The van der Waals surface area contributed by atoms with Crippen LogP contribution in [0.25, 0.3) is 0 Å². The van der Waals surface area contributed by atoms with Crippen molar-refractivity contribution in [2.75, 3.05) is 0 Å². The number of ether oxygens (including phenoxy) is 1. The highest BCUT2D eigenvalue weighted by atomic mass is 16.6. The van der Waals surface area contributed by atoms with E-state index in [1.807, 2.05) is 13.8 Å². The first-order valence-corrected chi connectivity index (χ1v) is 3.67. The third-order valence-corrected chi connectivity index (χ3v) is 1.72. The molecule has 0 aromatic heterocycles. The van der Waals surface area contributed by atoms with Gasteiger partial charge >= 0.3 is 0 Å². The van der Waals surface area contributed by atoms with Crippen LogP contribution < -0.4 is 5.73 Å². The van der Waals surface area contributed by atoms with Gasteiger partial charge in [-0.1, -0.05) is 0 Å². The molecule has 1 atom stereocenters. The summed E-state index contributed by atoms with van der Waals surface area (Å²) in [6.45, 7) is 3.77. The molecule has 1 fully saturated rings. The summed E-state index contributed by atoms with van der Waals surface area (Å²) >= 11 is 0. The van der Waals surface area contributed by atoms with E-state index < -0.39 is 11.8 Å². The largest absolute Gasteiger partial charge is 0.366 e. The molecule has 0 aromatic rings. The van der Waals surface area contributed by atoms with Gasteiger partial charge in [0.25, 0.3) is 0 Å². The van der Waals surface area contributed by atoms with Gasteiger partial charge in [-0.15, -0.1) is 0 Å². The second kappa shape index (κ2) is 2.49. The van der Waals surface area contributed by atoms with Crippen LogP contribution in [0, 0.1) is 0 Å². The normalized spacial score (nSPS) is 24.9. The molecule has 1 aliphatic carbocycles. The van der Waals surface area contributed by atoms with Crippen molar-refractivity contribution in [1.82, 2.24) is 0 Å². The van der Waals surface area contributed by atoms with Gasteiger partial charge < -0.3 is 15.6 Å². The molecule has 60 valence electrons. The maximum atomic E-state index is 9.27. The second-order valence-corrected chi connectivity index (χ2v) is 3.27. The first-order chi connectivity index (χ1) is 4.54. The van der Waals surface area contributed by atoms with Crippen molar-refractivity contribution in [2.24, 2.45) is 5.73 Å². The van der Waals surface area contributed by atoms with Gasteiger partial charge in [-0.05, 0) is 26.7 Å². The summed E-state index contributed by atoms with van der Waals surface area (Å²) in [5.74, 6) is 0. The van der Waals surface area contributed by atoms with E-state index in [2.05, 4.69) is 0 Å². The molecule has 3 N–H and O–H groups in total. The van der Waals surface area contributed by atoms with Gasteiger partial charge in [0.2, 0.25) is 0 Å². The highest BCUT2D eigenvalue weighted by Gasteiger charge is 2.46. The van der Waals surface area contributed by atoms with E-state index in [9.17, 15) is 5.11 Å². The van der Waals surface area contributed by atoms with E-state index in [-0.39, 0.29) is 6.10 Å². The zero-order valence-electron chi connectivity index (χ0n) is 6.50. The molecular formula is C7H15NO2. The van der Waals surface area contributed by atoms with Crippen LogP contribution in [0.3, 0.4) is 0 Å². The molecule has 0 aliphatic heterocycles. The molecule has 3 heteroatoms. The summed E-state index contributed by atoms with van der Waals surface area (Å²) in [6, 6.07) is 0. The Kier molecular flexibility index (Phi) is 1.99. The first-order valence-electron chi connectivity index (χ1n) is 3.67. The molecule has 0 spiro atoms. The molecule has 0 saturated heterocycles. The van der Waals surface area contributed by atoms with Crippen molar-refractivity contribution in [3.05, 3.63) is 0 Å². The Morgan fingerprint density at radius 2 is 2.00 bits per heavy atom. The summed E-state index contributed by atoms with van der Waals surface area (Å²) in [5.41, 5.74) is 5.24. The lowest BCUT2D eigenvalue weighted by atomic mass is 10.3. The molecule has 1 unspecified atom stereocenters. The fraction of sp³-hybridized carbons (Fsp3) is 1.00. The summed E-state index contributed by atoms with van der Waals surface area (Å²) < 4.78 is 5.11. The van der Waals surface area contributed by atoms with Gasteiger partial charge in [-0.25, -0.2) is 0 Å². The summed E-state index contributed by atoms with van der Waals surface area (Å²) in [5, 5.41) is 9.27. The summed E-state index contributed by atoms with van der Waals surface area (Å²) in [7, 11) is 0. The molecule has 10 heavy (non-hydrogen) atoms. The van der Waals surface area contributed by atoms with E-state index in [1.54, 1.807) is 0 Å². The van der Waals surface area contributed by atoms with Crippen LogP contribution in [0.1, 0.15) is 26.7 Å². The summed E-state index contributed by atoms with van der Waals surface area (Å²) in [6.07, 6.45) is 1.03. The van der Waals surface area contributed by atoms with Crippen LogP contribution in [-0.4, -0.2) is 23.0 Å².